The van der Waals surface area contributed by atoms with Gasteiger partial charge in [0.05, 0.1) is 32.8 Å². The predicted octanol–water partition coefficient (Wildman–Crippen LogP) is 2.84. The molecule has 0 aliphatic carbocycles. The number of aliphatic hydroxyl groups is 1. The number of carbonyl (C=O) groups excluding carboxylic acids is 1. The molecule has 9 nitrogen and oxygen atoms in total. The van der Waals surface area contributed by atoms with Gasteiger partial charge in [-0.25, -0.2) is 0 Å². The zero-order valence-corrected chi connectivity index (χ0v) is 20.8. The summed E-state index contributed by atoms with van der Waals surface area (Å²) in [7, 11) is 2.98. The Morgan fingerprint density at radius 3 is 2.50 bits per heavy atom. The summed E-state index contributed by atoms with van der Waals surface area (Å²) in [6.45, 7) is 3.85. The van der Waals surface area contributed by atoms with Gasteiger partial charge in [-0.1, -0.05) is 11.6 Å². The molecule has 1 saturated heterocycles. The molecule has 1 atom stereocenters. The fourth-order valence-electron chi connectivity index (χ4n) is 4.93. The van der Waals surface area contributed by atoms with Crippen LogP contribution in [0.1, 0.15) is 28.1 Å². The Balaban J connectivity index is 1.62. The molecule has 3 heterocycles. The van der Waals surface area contributed by atoms with Crippen LogP contribution in [0.2, 0.25) is 5.02 Å². The summed E-state index contributed by atoms with van der Waals surface area (Å²) in [4.78, 5) is 30.9. The normalized spacial score (nSPS) is 20.1. The van der Waals surface area contributed by atoms with Crippen LogP contribution < -0.4 is 14.9 Å². The largest absolute Gasteiger partial charge is 0.493 e. The number of hydrogen-bond donors (Lipinski definition) is 1. The lowest BCUT2D eigenvalue weighted by atomic mass is 9.93. The number of rotatable bonds is 7. The zero-order chi connectivity index (χ0) is 25.4. The molecule has 2 aromatic carbocycles. The number of halogens is 1. The van der Waals surface area contributed by atoms with Gasteiger partial charge in [0.1, 0.15) is 11.1 Å². The van der Waals surface area contributed by atoms with Crippen LogP contribution in [0.15, 0.2) is 45.6 Å². The predicted molar refractivity (Wildman–Crippen MR) is 133 cm³/mol. The number of ether oxygens (including phenoxy) is 3. The monoisotopic (exact) mass is 514 g/mol. The molecule has 0 saturated carbocycles. The first-order valence-electron chi connectivity index (χ1n) is 11.7. The summed E-state index contributed by atoms with van der Waals surface area (Å²) in [6.07, 6.45) is 0.578. The number of hydrogen-bond acceptors (Lipinski definition) is 8. The summed E-state index contributed by atoms with van der Waals surface area (Å²) in [5.41, 5.74) is -2.22. The lowest BCUT2D eigenvalue weighted by Gasteiger charge is -2.35. The third-order valence-corrected chi connectivity index (χ3v) is 7.01. The molecule has 2 aliphatic heterocycles. The highest BCUT2D eigenvalue weighted by Gasteiger charge is 2.54. The third kappa shape index (κ3) is 4.02. The Hall–Kier alpha value is -3.11. The molecular weight excluding hydrogens is 488 g/mol. The second-order valence-corrected chi connectivity index (χ2v) is 9.22. The van der Waals surface area contributed by atoms with Crippen LogP contribution in [-0.2, 0) is 10.5 Å². The molecule has 0 spiro atoms. The molecular formula is C26H27ClN2O7. The van der Waals surface area contributed by atoms with Crippen molar-refractivity contribution < 1.29 is 28.5 Å². The van der Waals surface area contributed by atoms with Crippen molar-refractivity contribution in [3.05, 3.63) is 68.5 Å². The van der Waals surface area contributed by atoms with Crippen LogP contribution >= 0.6 is 11.6 Å². The van der Waals surface area contributed by atoms with Gasteiger partial charge in [0, 0.05) is 36.8 Å². The van der Waals surface area contributed by atoms with Crippen LogP contribution in [0.25, 0.3) is 11.0 Å². The van der Waals surface area contributed by atoms with E-state index in [1.165, 1.54) is 25.2 Å². The highest BCUT2D eigenvalue weighted by atomic mass is 35.5. The Bertz CT molecular complexity index is 1370. The van der Waals surface area contributed by atoms with Crippen molar-refractivity contribution in [3.8, 4) is 11.5 Å². The van der Waals surface area contributed by atoms with Gasteiger partial charge in [-0.2, -0.15) is 0 Å². The van der Waals surface area contributed by atoms with E-state index in [4.69, 9.17) is 30.2 Å². The van der Waals surface area contributed by atoms with Crippen LogP contribution in [0.3, 0.4) is 0 Å². The van der Waals surface area contributed by atoms with Crippen LogP contribution in [0, 0.1) is 0 Å². The Morgan fingerprint density at radius 2 is 1.78 bits per heavy atom. The summed E-state index contributed by atoms with van der Waals surface area (Å²) in [6, 6.07) is 9.41. The number of nitrogens with zero attached hydrogens (tertiary/aromatic N) is 2. The Labute approximate surface area is 212 Å². The summed E-state index contributed by atoms with van der Waals surface area (Å²) >= 11 is 6.14. The SMILES string of the molecule is COc1ccc(C2(O)c3c(oc4ccc(Cl)cc4c3=O)C(=O)N2CCCN2CCOCC2)cc1OC. The molecule has 2 aliphatic rings. The highest BCUT2D eigenvalue weighted by molar-refractivity contribution is 6.31. The first-order chi connectivity index (χ1) is 17.4. The number of morpholine rings is 1. The van der Waals surface area contributed by atoms with E-state index in [0.29, 0.717) is 42.7 Å². The third-order valence-electron chi connectivity index (χ3n) is 6.78. The van der Waals surface area contributed by atoms with Crippen molar-refractivity contribution in [2.24, 2.45) is 0 Å². The second kappa shape index (κ2) is 9.74. The first-order valence-corrected chi connectivity index (χ1v) is 12.1. The van der Waals surface area contributed by atoms with Gasteiger partial charge < -0.3 is 23.7 Å². The molecule has 1 unspecified atom stereocenters. The molecule has 190 valence electrons. The van der Waals surface area contributed by atoms with Crippen LogP contribution in [0.5, 0.6) is 11.5 Å². The molecule has 10 heteroatoms. The molecule has 1 N–H and O–H groups in total. The van der Waals surface area contributed by atoms with Crippen LogP contribution in [-0.4, -0.2) is 74.4 Å². The van der Waals surface area contributed by atoms with Gasteiger partial charge in [-0.05, 0) is 42.8 Å². The Morgan fingerprint density at radius 1 is 1.03 bits per heavy atom. The first kappa shape index (κ1) is 24.6. The van der Waals surface area contributed by atoms with Gasteiger partial charge in [0.2, 0.25) is 16.9 Å². The number of fused-ring (bicyclic) bond motifs is 2. The van der Waals surface area contributed by atoms with E-state index in [1.54, 1.807) is 30.3 Å². The topological polar surface area (TPSA) is 102 Å². The summed E-state index contributed by atoms with van der Waals surface area (Å²) in [5, 5.41) is 12.8. The molecule has 1 fully saturated rings. The van der Waals surface area contributed by atoms with Gasteiger partial charge >= 0.3 is 0 Å². The summed E-state index contributed by atoms with van der Waals surface area (Å²) in [5.74, 6) is 0.0631. The number of benzene rings is 2. The molecule has 1 amide bonds. The Kier molecular flexibility index (Phi) is 6.65. The van der Waals surface area contributed by atoms with Crippen molar-refractivity contribution in [2.75, 3.05) is 53.6 Å². The lowest BCUT2D eigenvalue weighted by Crippen LogP contribution is -2.47. The van der Waals surface area contributed by atoms with E-state index in [-0.39, 0.29) is 34.4 Å². The maximum Gasteiger partial charge on any atom is 0.293 e. The summed E-state index contributed by atoms with van der Waals surface area (Å²) < 4.78 is 22.1. The molecule has 5 rings (SSSR count). The van der Waals surface area contributed by atoms with Gasteiger partial charge in [0.15, 0.2) is 11.5 Å². The van der Waals surface area contributed by atoms with Crippen molar-refractivity contribution in [2.45, 2.75) is 12.1 Å². The average Bonchev–Trinajstić information content (AvgIpc) is 3.11. The maximum absolute atomic E-state index is 13.7. The molecule has 36 heavy (non-hydrogen) atoms. The van der Waals surface area contributed by atoms with Crippen molar-refractivity contribution in [1.29, 1.82) is 0 Å². The van der Waals surface area contributed by atoms with E-state index in [2.05, 4.69) is 4.90 Å². The minimum atomic E-state index is -2.08. The minimum Gasteiger partial charge on any atom is -0.493 e. The second-order valence-electron chi connectivity index (χ2n) is 8.78. The minimum absolute atomic E-state index is 0.138. The van der Waals surface area contributed by atoms with E-state index < -0.39 is 17.1 Å². The number of carbonyl (C=O) groups is 1. The average molecular weight is 515 g/mol. The maximum atomic E-state index is 13.7. The molecule has 0 radical (unpaired) electrons. The number of methoxy groups -OCH3 is 2. The lowest BCUT2D eigenvalue weighted by molar-refractivity contribution is -0.0525. The van der Waals surface area contributed by atoms with Crippen molar-refractivity contribution in [3.63, 3.8) is 0 Å². The van der Waals surface area contributed by atoms with E-state index in [1.807, 2.05) is 0 Å². The van der Waals surface area contributed by atoms with Gasteiger partial charge in [-0.3, -0.25) is 19.4 Å². The fraction of sp³-hybridized carbons (Fsp3) is 0.385. The smallest absolute Gasteiger partial charge is 0.293 e. The van der Waals surface area contributed by atoms with E-state index in [9.17, 15) is 14.7 Å². The number of amides is 1. The molecule has 3 aromatic rings. The van der Waals surface area contributed by atoms with E-state index >= 15 is 0 Å². The van der Waals surface area contributed by atoms with Crippen molar-refractivity contribution >= 4 is 28.5 Å². The molecule has 0 bridgehead atoms. The zero-order valence-electron chi connectivity index (χ0n) is 20.1. The quantitative estimate of drug-likeness (QED) is 0.513. The van der Waals surface area contributed by atoms with Gasteiger partial charge in [-0.15, -0.1) is 0 Å². The molecule has 1 aromatic heterocycles. The van der Waals surface area contributed by atoms with Crippen LogP contribution in [0.4, 0.5) is 0 Å². The van der Waals surface area contributed by atoms with E-state index in [0.717, 1.165) is 13.1 Å². The highest BCUT2D eigenvalue weighted by Crippen LogP contribution is 2.44. The standard InChI is InChI=1S/C26H27ClN2O7/c1-33-20-6-4-16(14-21(20)34-2)26(32)22-23(30)18-15-17(27)5-7-19(18)36-24(22)25(31)29(26)9-3-8-28-10-12-35-13-11-28/h4-7,14-15,32H,3,8-13H2,1-2H3. The van der Waals surface area contributed by atoms with Gasteiger partial charge in [0.25, 0.3) is 5.91 Å². The fourth-order valence-corrected chi connectivity index (χ4v) is 5.11. The van der Waals surface area contributed by atoms with Crippen molar-refractivity contribution in [1.82, 2.24) is 9.80 Å².